The third kappa shape index (κ3) is 2.99. The molecular formula is C16H17NO. The highest BCUT2D eigenvalue weighted by atomic mass is 16.5. The summed E-state index contributed by atoms with van der Waals surface area (Å²) < 4.78 is 5.79. The Hall–Kier alpha value is -2.06. The van der Waals surface area contributed by atoms with Crippen molar-refractivity contribution >= 4 is 6.08 Å². The van der Waals surface area contributed by atoms with Crippen molar-refractivity contribution < 1.29 is 4.74 Å². The van der Waals surface area contributed by atoms with Gasteiger partial charge in [-0.15, -0.1) is 0 Å². The minimum atomic E-state index is 0.551. The molecule has 0 saturated carbocycles. The first-order chi connectivity index (χ1) is 8.83. The van der Waals surface area contributed by atoms with Gasteiger partial charge in [0.25, 0.3) is 0 Å². The van der Waals surface area contributed by atoms with Crippen molar-refractivity contribution in [3.05, 3.63) is 71.8 Å². The van der Waals surface area contributed by atoms with E-state index in [0.717, 1.165) is 22.4 Å². The predicted molar refractivity (Wildman–Crippen MR) is 75.2 cm³/mol. The number of rotatable bonds is 5. The van der Waals surface area contributed by atoms with E-state index in [-0.39, 0.29) is 0 Å². The van der Waals surface area contributed by atoms with Crippen LogP contribution in [-0.2, 0) is 13.2 Å². The van der Waals surface area contributed by atoms with Gasteiger partial charge in [0.1, 0.15) is 12.4 Å². The van der Waals surface area contributed by atoms with Gasteiger partial charge in [-0.2, -0.15) is 0 Å². The van der Waals surface area contributed by atoms with Gasteiger partial charge in [0, 0.05) is 12.1 Å². The zero-order chi connectivity index (χ0) is 12.8. The van der Waals surface area contributed by atoms with Crippen LogP contribution < -0.4 is 10.5 Å². The fraction of sp³-hybridized carbons (Fsp3) is 0.125. The third-order valence-electron chi connectivity index (χ3n) is 2.79. The maximum Gasteiger partial charge on any atom is 0.127 e. The van der Waals surface area contributed by atoms with E-state index in [4.69, 9.17) is 10.5 Å². The van der Waals surface area contributed by atoms with Crippen molar-refractivity contribution in [1.82, 2.24) is 0 Å². The molecular weight excluding hydrogens is 222 g/mol. The zero-order valence-electron chi connectivity index (χ0n) is 10.3. The van der Waals surface area contributed by atoms with Crippen molar-refractivity contribution in [3.8, 4) is 5.75 Å². The number of ether oxygens (including phenoxy) is 1. The summed E-state index contributed by atoms with van der Waals surface area (Å²) in [6, 6.07) is 16.0. The molecule has 2 nitrogen and oxygen atoms in total. The predicted octanol–water partition coefficient (Wildman–Crippen LogP) is 3.37. The van der Waals surface area contributed by atoms with Gasteiger partial charge in [-0.1, -0.05) is 55.1 Å². The van der Waals surface area contributed by atoms with Crippen molar-refractivity contribution in [2.24, 2.45) is 5.73 Å². The lowest BCUT2D eigenvalue weighted by atomic mass is 10.1. The Balaban J connectivity index is 2.04. The Bertz CT molecular complexity index is 517. The highest BCUT2D eigenvalue weighted by molar-refractivity contribution is 5.55. The molecule has 2 N–H and O–H groups in total. The van der Waals surface area contributed by atoms with Crippen molar-refractivity contribution in [2.75, 3.05) is 0 Å². The van der Waals surface area contributed by atoms with Gasteiger partial charge < -0.3 is 10.5 Å². The third-order valence-corrected chi connectivity index (χ3v) is 2.79. The van der Waals surface area contributed by atoms with Gasteiger partial charge in [-0.25, -0.2) is 0 Å². The molecule has 0 bridgehead atoms. The second-order valence-corrected chi connectivity index (χ2v) is 4.05. The minimum absolute atomic E-state index is 0.551. The molecule has 0 aliphatic heterocycles. The molecule has 0 fully saturated rings. The van der Waals surface area contributed by atoms with Crippen LogP contribution in [0.25, 0.3) is 6.08 Å². The average molecular weight is 239 g/mol. The van der Waals surface area contributed by atoms with Gasteiger partial charge in [0.2, 0.25) is 0 Å². The highest BCUT2D eigenvalue weighted by Crippen LogP contribution is 2.20. The van der Waals surface area contributed by atoms with Gasteiger partial charge in [0.05, 0.1) is 0 Å². The summed E-state index contributed by atoms with van der Waals surface area (Å²) >= 11 is 0. The van der Waals surface area contributed by atoms with Crippen LogP contribution >= 0.6 is 0 Å². The van der Waals surface area contributed by atoms with E-state index >= 15 is 0 Å². The van der Waals surface area contributed by atoms with Gasteiger partial charge in [0.15, 0.2) is 0 Å². The normalized spacial score (nSPS) is 10.1. The van der Waals surface area contributed by atoms with Gasteiger partial charge >= 0.3 is 0 Å². The molecule has 2 aromatic carbocycles. The van der Waals surface area contributed by atoms with Crippen LogP contribution in [0, 0.1) is 0 Å². The Morgan fingerprint density at radius 2 is 1.67 bits per heavy atom. The summed E-state index contributed by atoms with van der Waals surface area (Å²) in [6.45, 7) is 4.90. The second kappa shape index (κ2) is 6.03. The number of nitrogens with two attached hydrogens (primary N) is 1. The first-order valence-electron chi connectivity index (χ1n) is 5.95. The SMILES string of the molecule is C=Cc1ccccc1OCc1ccc(CN)cc1. The molecule has 0 heterocycles. The smallest absolute Gasteiger partial charge is 0.127 e. The fourth-order valence-corrected chi connectivity index (χ4v) is 1.71. The molecule has 92 valence electrons. The molecule has 18 heavy (non-hydrogen) atoms. The first-order valence-corrected chi connectivity index (χ1v) is 5.95. The summed E-state index contributed by atoms with van der Waals surface area (Å²) in [5.41, 5.74) is 8.83. The molecule has 0 saturated heterocycles. The Kier molecular flexibility index (Phi) is 4.15. The molecule has 0 aliphatic carbocycles. The minimum Gasteiger partial charge on any atom is -0.488 e. The van der Waals surface area contributed by atoms with E-state index in [1.165, 1.54) is 0 Å². The van der Waals surface area contributed by atoms with Crippen LogP contribution in [0.1, 0.15) is 16.7 Å². The van der Waals surface area contributed by atoms with Crippen LogP contribution in [0.3, 0.4) is 0 Å². The summed E-state index contributed by atoms with van der Waals surface area (Å²) in [4.78, 5) is 0. The molecule has 2 rings (SSSR count). The average Bonchev–Trinajstić information content (AvgIpc) is 2.46. The van der Waals surface area contributed by atoms with Crippen LogP contribution in [0.15, 0.2) is 55.1 Å². The first kappa shape index (κ1) is 12.4. The number of hydrogen-bond donors (Lipinski definition) is 1. The van der Waals surface area contributed by atoms with E-state index in [2.05, 4.69) is 6.58 Å². The van der Waals surface area contributed by atoms with E-state index in [1.807, 2.05) is 48.5 Å². The van der Waals surface area contributed by atoms with Gasteiger partial charge in [-0.05, 0) is 17.2 Å². The zero-order valence-corrected chi connectivity index (χ0v) is 10.3. The largest absolute Gasteiger partial charge is 0.488 e. The highest BCUT2D eigenvalue weighted by Gasteiger charge is 2.00. The van der Waals surface area contributed by atoms with Crippen molar-refractivity contribution in [3.63, 3.8) is 0 Å². The van der Waals surface area contributed by atoms with Crippen LogP contribution in [0.4, 0.5) is 0 Å². The van der Waals surface area contributed by atoms with Crippen LogP contribution in [0.5, 0.6) is 5.75 Å². The summed E-state index contributed by atoms with van der Waals surface area (Å²) in [5.74, 6) is 0.857. The molecule has 0 spiro atoms. The van der Waals surface area contributed by atoms with E-state index in [9.17, 15) is 0 Å². The van der Waals surface area contributed by atoms with Crippen LogP contribution in [0.2, 0.25) is 0 Å². The molecule has 0 atom stereocenters. The quantitative estimate of drug-likeness (QED) is 0.868. The summed E-state index contributed by atoms with van der Waals surface area (Å²) in [7, 11) is 0. The van der Waals surface area contributed by atoms with Crippen molar-refractivity contribution in [1.29, 1.82) is 0 Å². The topological polar surface area (TPSA) is 35.2 Å². The Labute approximate surface area is 108 Å². The molecule has 0 amide bonds. The van der Waals surface area contributed by atoms with E-state index < -0.39 is 0 Å². The monoisotopic (exact) mass is 239 g/mol. The number of benzene rings is 2. The molecule has 2 heteroatoms. The maximum atomic E-state index is 5.79. The number of hydrogen-bond acceptors (Lipinski definition) is 2. The standard InChI is InChI=1S/C16H17NO/c1-2-15-5-3-4-6-16(15)18-12-14-9-7-13(11-17)8-10-14/h2-10H,1,11-12,17H2. The molecule has 0 aromatic heterocycles. The Morgan fingerprint density at radius 1 is 1.00 bits per heavy atom. The molecule has 0 unspecified atom stereocenters. The lowest BCUT2D eigenvalue weighted by Gasteiger charge is -2.09. The maximum absolute atomic E-state index is 5.79. The molecule has 2 aromatic rings. The molecule has 0 aliphatic rings. The number of para-hydroxylation sites is 1. The van der Waals surface area contributed by atoms with Crippen LogP contribution in [-0.4, -0.2) is 0 Å². The lowest BCUT2D eigenvalue weighted by molar-refractivity contribution is 0.305. The van der Waals surface area contributed by atoms with E-state index in [1.54, 1.807) is 6.08 Å². The fourth-order valence-electron chi connectivity index (χ4n) is 1.71. The second-order valence-electron chi connectivity index (χ2n) is 4.05. The van der Waals surface area contributed by atoms with Gasteiger partial charge in [-0.3, -0.25) is 0 Å². The molecule has 0 radical (unpaired) electrons. The summed E-state index contributed by atoms with van der Waals surface area (Å²) in [5, 5.41) is 0. The lowest BCUT2D eigenvalue weighted by Crippen LogP contribution is -1.99. The Morgan fingerprint density at radius 3 is 2.33 bits per heavy atom. The summed E-state index contributed by atoms with van der Waals surface area (Å²) in [6.07, 6.45) is 1.80. The van der Waals surface area contributed by atoms with Crippen molar-refractivity contribution in [2.45, 2.75) is 13.2 Å². The van der Waals surface area contributed by atoms with E-state index in [0.29, 0.717) is 13.2 Å².